The van der Waals surface area contributed by atoms with E-state index in [1.165, 1.54) is 0 Å². The van der Waals surface area contributed by atoms with Crippen LogP contribution in [0.2, 0.25) is 0 Å². The molecule has 94 valence electrons. The van der Waals surface area contributed by atoms with Gasteiger partial charge in [-0.25, -0.2) is 4.98 Å². The number of nitrogens with two attached hydrogens (primary N) is 1. The molecule has 0 bridgehead atoms. The standard InChI is InChI=1S/C12H10F3N3/c13-12(14,15)8-6-10(16)11(17-7-8)18-9-4-2-1-3-5-9/h1-7H,16H2,(H,17,18). The molecule has 0 fully saturated rings. The first-order valence-corrected chi connectivity index (χ1v) is 5.11. The van der Waals surface area contributed by atoms with Crippen LogP contribution in [0.15, 0.2) is 42.6 Å². The van der Waals surface area contributed by atoms with E-state index in [0.717, 1.165) is 12.3 Å². The molecule has 0 saturated heterocycles. The van der Waals surface area contributed by atoms with Gasteiger partial charge in [-0.05, 0) is 18.2 Å². The number of benzene rings is 1. The van der Waals surface area contributed by atoms with Gasteiger partial charge in [0.25, 0.3) is 0 Å². The Morgan fingerprint density at radius 2 is 1.78 bits per heavy atom. The Kier molecular flexibility index (Phi) is 3.10. The van der Waals surface area contributed by atoms with Crippen molar-refractivity contribution in [3.8, 4) is 0 Å². The summed E-state index contributed by atoms with van der Waals surface area (Å²) in [5.74, 6) is 0.203. The lowest BCUT2D eigenvalue weighted by Gasteiger charge is -2.11. The molecule has 6 heteroatoms. The number of pyridine rings is 1. The third kappa shape index (κ3) is 2.71. The monoisotopic (exact) mass is 253 g/mol. The SMILES string of the molecule is Nc1cc(C(F)(F)F)cnc1Nc1ccccc1. The fourth-order valence-electron chi connectivity index (χ4n) is 1.40. The summed E-state index contributed by atoms with van der Waals surface area (Å²) in [7, 11) is 0. The van der Waals surface area contributed by atoms with E-state index in [1.54, 1.807) is 24.3 Å². The van der Waals surface area contributed by atoms with Gasteiger partial charge in [0.1, 0.15) is 0 Å². The molecule has 0 spiro atoms. The highest BCUT2D eigenvalue weighted by Gasteiger charge is 2.31. The smallest absolute Gasteiger partial charge is 0.396 e. The van der Waals surface area contributed by atoms with Crippen molar-refractivity contribution in [2.75, 3.05) is 11.1 Å². The molecule has 1 aromatic heterocycles. The second kappa shape index (κ2) is 4.56. The Labute approximate surface area is 101 Å². The average molecular weight is 253 g/mol. The Morgan fingerprint density at radius 1 is 1.11 bits per heavy atom. The fourth-order valence-corrected chi connectivity index (χ4v) is 1.40. The van der Waals surface area contributed by atoms with Gasteiger partial charge in [0, 0.05) is 11.9 Å². The van der Waals surface area contributed by atoms with Crippen molar-refractivity contribution in [1.82, 2.24) is 4.98 Å². The van der Waals surface area contributed by atoms with Crippen LogP contribution in [0.3, 0.4) is 0 Å². The maximum absolute atomic E-state index is 12.4. The predicted molar refractivity (Wildman–Crippen MR) is 63.4 cm³/mol. The van der Waals surface area contributed by atoms with Crippen LogP contribution in [-0.2, 0) is 6.18 Å². The van der Waals surface area contributed by atoms with E-state index in [-0.39, 0.29) is 11.5 Å². The molecule has 0 radical (unpaired) electrons. The lowest BCUT2D eigenvalue weighted by atomic mass is 10.2. The van der Waals surface area contributed by atoms with Crippen molar-refractivity contribution < 1.29 is 13.2 Å². The molecule has 0 unspecified atom stereocenters. The first-order valence-electron chi connectivity index (χ1n) is 5.11. The van der Waals surface area contributed by atoms with Crippen LogP contribution in [0.25, 0.3) is 0 Å². The second-order valence-corrected chi connectivity index (χ2v) is 3.65. The molecule has 2 aromatic rings. The maximum atomic E-state index is 12.4. The number of anilines is 3. The largest absolute Gasteiger partial charge is 0.417 e. The normalized spacial score (nSPS) is 11.3. The van der Waals surface area contributed by atoms with Gasteiger partial charge in [-0.3, -0.25) is 0 Å². The first-order chi connectivity index (χ1) is 8.47. The molecular weight excluding hydrogens is 243 g/mol. The summed E-state index contributed by atoms with van der Waals surface area (Å²) in [4.78, 5) is 3.68. The van der Waals surface area contributed by atoms with Crippen LogP contribution in [0, 0.1) is 0 Å². The minimum absolute atomic E-state index is 0.0475. The number of alkyl halides is 3. The van der Waals surface area contributed by atoms with E-state index in [2.05, 4.69) is 10.3 Å². The van der Waals surface area contributed by atoms with E-state index in [4.69, 9.17) is 5.73 Å². The molecule has 1 aromatic carbocycles. The van der Waals surface area contributed by atoms with Gasteiger partial charge in [0.2, 0.25) is 0 Å². The van der Waals surface area contributed by atoms with Crippen LogP contribution >= 0.6 is 0 Å². The van der Waals surface area contributed by atoms with Gasteiger partial charge in [0.15, 0.2) is 5.82 Å². The highest BCUT2D eigenvalue weighted by Crippen LogP contribution is 2.32. The summed E-state index contributed by atoms with van der Waals surface area (Å²) in [6, 6.07) is 9.80. The summed E-state index contributed by atoms with van der Waals surface area (Å²) in [5.41, 5.74) is 5.34. The van der Waals surface area contributed by atoms with Gasteiger partial charge in [0.05, 0.1) is 11.3 Å². The third-order valence-corrected chi connectivity index (χ3v) is 2.28. The molecule has 0 aliphatic carbocycles. The second-order valence-electron chi connectivity index (χ2n) is 3.65. The molecule has 1 heterocycles. The molecule has 0 amide bonds. The van der Waals surface area contributed by atoms with Crippen LogP contribution in [0.5, 0.6) is 0 Å². The number of rotatable bonds is 2. The number of hydrogen-bond donors (Lipinski definition) is 2. The quantitative estimate of drug-likeness (QED) is 0.862. The number of halogens is 3. The van der Waals surface area contributed by atoms with E-state index < -0.39 is 11.7 Å². The Morgan fingerprint density at radius 3 is 2.33 bits per heavy atom. The zero-order chi connectivity index (χ0) is 13.2. The van der Waals surface area contributed by atoms with E-state index in [9.17, 15) is 13.2 Å². The number of nitrogens with zero attached hydrogens (tertiary/aromatic N) is 1. The van der Waals surface area contributed by atoms with Crippen molar-refractivity contribution in [1.29, 1.82) is 0 Å². The van der Waals surface area contributed by atoms with E-state index >= 15 is 0 Å². The first kappa shape index (κ1) is 12.2. The third-order valence-electron chi connectivity index (χ3n) is 2.28. The van der Waals surface area contributed by atoms with Gasteiger partial charge in [-0.15, -0.1) is 0 Å². The molecule has 3 N–H and O–H groups in total. The Bertz CT molecular complexity index is 538. The Hall–Kier alpha value is -2.24. The van der Waals surface area contributed by atoms with Gasteiger partial charge >= 0.3 is 6.18 Å². The van der Waals surface area contributed by atoms with Crippen LogP contribution in [-0.4, -0.2) is 4.98 Å². The van der Waals surface area contributed by atoms with Gasteiger partial charge < -0.3 is 11.1 Å². The lowest BCUT2D eigenvalue weighted by molar-refractivity contribution is -0.137. The fraction of sp³-hybridized carbons (Fsp3) is 0.0833. The summed E-state index contributed by atoms with van der Waals surface area (Å²) in [6.07, 6.45) is -3.69. The molecule has 18 heavy (non-hydrogen) atoms. The summed E-state index contributed by atoms with van der Waals surface area (Å²) in [6.45, 7) is 0. The number of nitrogen functional groups attached to an aromatic ring is 1. The van der Waals surface area contributed by atoms with E-state index in [1.807, 2.05) is 6.07 Å². The lowest BCUT2D eigenvalue weighted by Crippen LogP contribution is -2.08. The Balaban J connectivity index is 2.26. The minimum Gasteiger partial charge on any atom is -0.396 e. The number of para-hydroxylation sites is 1. The van der Waals surface area contributed by atoms with Crippen molar-refractivity contribution in [2.45, 2.75) is 6.18 Å². The van der Waals surface area contributed by atoms with Crippen LogP contribution in [0.4, 0.5) is 30.4 Å². The highest BCUT2D eigenvalue weighted by atomic mass is 19.4. The van der Waals surface area contributed by atoms with Gasteiger partial charge in [-0.2, -0.15) is 13.2 Å². The maximum Gasteiger partial charge on any atom is 0.417 e. The number of nitrogens with one attached hydrogen (secondary N) is 1. The van der Waals surface area contributed by atoms with Crippen molar-refractivity contribution >= 4 is 17.2 Å². The number of hydrogen-bond acceptors (Lipinski definition) is 3. The van der Waals surface area contributed by atoms with Crippen molar-refractivity contribution in [2.24, 2.45) is 0 Å². The molecule has 0 aliphatic heterocycles. The summed E-state index contributed by atoms with van der Waals surface area (Å²) >= 11 is 0. The summed E-state index contributed by atoms with van der Waals surface area (Å²) < 4.78 is 37.2. The van der Waals surface area contributed by atoms with Crippen molar-refractivity contribution in [3.63, 3.8) is 0 Å². The van der Waals surface area contributed by atoms with Crippen LogP contribution in [0.1, 0.15) is 5.56 Å². The molecule has 2 rings (SSSR count). The average Bonchev–Trinajstić information content (AvgIpc) is 2.32. The molecular formula is C12H10F3N3. The van der Waals surface area contributed by atoms with Gasteiger partial charge in [-0.1, -0.05) is 18.2 Å². The molecule has 0 saturated carbocycles. The minimum atomic E-state index is -4.44. The summed E-state index contributed by atoms with van der Waals surface area (Å²) in [5, 5.41) is 2.85. The zero-order valence-corrected chi connectivity index (χ0v) is 9.20. The molecule has 3 nitrogen and oxygen atoms in total. The number of aromatic nitrogens is 1. The van der Waals surface area contributed by atoms with Crippen molar-refractivity contribution in [3.05, 3.63) is 48.2 Å². The zero-order valence-electron chi connectivity index (χ0n) is 9.20. The molecule has 0 atom stereocenters. The highest BCUT2D eigenvalue weighted by molar-refractivity contribution is 5.68. The van der Waals surface area contributed by atoms with E-state index in [0.29, 0.717) is 5.69 Å². The molecule has 0 aliphatic rings. The van der Waals surface area contributed by atoms with Crippen LogP contribution < -0.4 is 11.1 Å². The predicted octanol–water partition coefficient (Wildman–Crippen LogP) is 3.43. The topological polar surface area (TPSA) is 50.9 Å².